The Morgan fingerprint density at radius 2 is 2.06 bits per heavy atom. The van der Waals surface area contributed by atoms with Crippen LogP contribution in [0.25, 0.3) is 0 Å². The van der Waals surface area contributed by atoms with Gasteiger partial charge in [0.05, 0.1) is 11.9 Å². The smallest absolute Gasteiger partial charge is 0.0831 e. The molecule has 1 rings (SSSR count). The molecular formula is C13H21N3. The lowest BCUT2D eigenvalue weighted by Crippen LogP contribution is -2.28. The third kappa shape index (κ3) is 2.54. The summed E-state index contributed by atoms with van der Waals surface area (Å²) in [6, 6.07) is 0. The van der Waals surface area contributed by atoms with Crippen LogP contribution in [-0.4, -0.2) is 11.1 Å². The van der Waals surface area contributed by atoms with Gasteiger partial charge in [-0.15, -0.1) is 0 Å². The normalized spacial score (nSPS) is 20.3. The van der Waals surface area contributed by atoms with Crippen LogP contribution >= 0.6 is 0 Å². The zero-order valence-corrected chi connectivity index (χ0v) is 10.8. The number of allylic oxidation sites excluding steroid dienone is 4. The van der Waals surface area contributed by atoms with Gasteiger partial charge in [-0.05, 0) is 13.8 Å². The Bertz CT molecular complexity index is 378. The van der Waals surface area contributed by atoms with Crippen molar-refractivity contribution in [3.05, 3.63) is 35.6 Å². The molecule has 0 aromatic rings. The second-order valence-electron chi connectivity index (χ2n) is 4.93. The van der Waals surface area contributed by atoms with Crippen LogP contribution in [0.2, 0.25) is 0 Å². The standard InChI is InChI=1S/C13H21N3/c1-6-10(2)16-8-7-15-9-11(16)12(14)13(3,4)5/h6-9H,14H2,1-5H3/b10-6-,12-11-. The molecule has 3 nitrogen and oxygen atoms in total. The first-order chi connectivity index (χ1) is 7.38. The molecule has 0 unspecified atom stereocenters. The van der Waals surface area contributed by atoms with E-state index in [1.54, 1.807) is 6.20 Å². The third-order valence-corrected chi connectivity index (χ3v) is 2.64. The van der Waals surface area contributed by atoms with Gasteiger partial charge in [-0.1, -0.05) is 26.8 Å². The van der Waals surface area contributed by atoms with Crippen LogP contribution in [0.1, 0.15) is 34.6 Å². The molecule has 88 valence electrons. The fourth-order valence-corrected chi connectivity index (χ4v) is 1.39. The predicted octanol–water partition coefficient (Wildman–Crippen LogP) is 2.98. The third-order valence-electron chi connectivity index (χ3n) is 2.64. The summed E-state index contributed by atoms with van der Waals surface area (Å²) in [5.74, 6) is 0. The first-order valence-corrected chi connectivity index (χ1v) is 5.50. The number of aliphatic imine (C=N–C) groups is 1. The molecule has 2 N–H and O–H groups in total. The Morgan fingerprint density at radius 1 is 1.44 bits per heavy atom. The highest BCUT2D eigenvalue weighted by atomic mass is 15.2. The summed E-state index contributed by atoms with van der Waals surface area (Å²) < 4.78 is 0. The number of nitrogens with zero attached hydrogens (tertiary/aromatic N) is 2. The molecule has 0 atom stereocenters. The van der Waals surface area contributed by atoms with E-state index in [9.17, 15) is 0 Å². The van der Waals surface area contributed by atoms with Crippen molar-refractivity contribution >= 4 is 6.21 Å². The Balaban J connectivity index is 3.21. The average molecular weight is 219 g/mol. The predicted molar refractivity (Wildman–Crippen MR) is 69.6 cm³/mol. The maximum atomic E-state index is 6.19. The zero-order valence-electron chi connectivity index (χ0n) is 10.8. The molecule has 0 saturated heterocycles. The van der Waals surface area contributed by atoms with Crippen molar-refractivity contribution in [2.45, 2.75) is 34.6 Å². The van der Waals surface area contributed by atoms with Crippen molar-refractivity contribution in [2.75, 3.05) is 0 Å². The van der Waals surface area contributed by atoms with E-state index in [1.165, 1.54) is 0 Å². The van der Waals surface area contributed by atoms with Gasteiger partial charge in [0.1, 0.15) is 0 Å². The lowest BCUT2D eigenvalue weighted by Gasteiger charge is -2.29. The van der Waals surface area contributed by atoms with Crippen molar-refractivity contribution in [3.8, 4) is 0 Å². The highest BCUT2D eigenvalue weighted by Gasteiger charge is 2.21. The Morgan fingerprint density at radius 3 is 2.56 bits per heavy atom. The number of nitrogens with two attached hydrogens (primary N) is 1. The first-order valence-electron chi connectivity index (χ1n) is 5.50. The van der Waals surface area contributed by atoms with Gasteiger partial charge in [-0.25, -0.2) is 0 Å². The molecule has 1 aliphatic heterocycles. The summed E-state index contributed by atoms with van der Waals surface area (Å²) in [5, 5.41) is 0. The molecular weight excluding hydrogens is 198 g/mol. The van der Waals surface area contributed by atoms with Crippen molar-refractivity contribution in [2.24, 2.45) is 16.1 Å². The Kier molecular flexibility index (Phi) is 3.58. The number of rotatable bonds is 1. The first kappa shape index (κ1) is 12.6. The van der Waals surface area contributed by atoms with Gasteiger partial charge in [0.15, 0.2) is 0 Å². The molecule has 0 saturated carbocycles. The van der Waals surface area contributed by atoms with E-state index in [0.29, 0.717) is 0 Å². The van der Waals surface area contributed by atoms with Gasteiger partial charge in [0.2, 0.25) is 0 Å². The van der Waals surface area contributed by atoms with E-state index in [1.807, 2.05) is 19.3 Å². The fraction of sp³-hybridized carbons (Fsp3) is 0.462. The maximum absolute atomic E-state index is 6.19. The lowest BCUT2D eigenvalue weighted by atomic mass is 9.90. The van der Waals surface area contributed by atoms with Crippen molar-refractivity contribution < 1.29 is 0 Å². The minimum absolute atomic E-state index is 0.0567. The van der Waals surface area contributed by atoms with Crippen LogP contribution in [0, 0.1) is 5.41 Å². The van der Waals surface area contributed by atoms with Crippen LogP contribution in [0.5, 0.6) is 0 Å². The summed E-state index contributed by atoms with van der Waals surface area (Å²) in [5.41, 5.74) is 9.09. The molecule has 0 aliphatic carbocycles. The van der Waals surface area contributed by atoms with E-state index in [4.69, 9.17) is 5.73 Å². The minimum Gasteiger partial charge on any atom is -0.400 e. The highest BCUT2D eigenvalue weighted by molar-refractivity contribution is 5.81. The van der Waals surface area contributed by atoms with Crippen LogP contribution in [-0.2, 0) is 0 Å². The molecule has 1 heterocycles. The van der Waals surface area contributed by atoms with E-state index < -0.39 is 0 Å². The molecule has 1 aliphatic rings. The molecule has 0 bridgehead atoms. The van der Waals surface area contributed by atoms with Gasteiger partial charge < -0.3 is 10.6 Å². The molecule has 0 amide bonds. The van der Waals surface area contributed by atoms with Crippen molar-refractivity contribution in [1.29, 1.82) is 0 Å². The molecule has 0 radical (unpaired) electrons. The molecule has 16 heavy (non-hydrogen) atoms. The molecule has 0 aromatic carbocycles. The van der Waals surface area contributed by atoms with Crippen LogP contribution in [0.4, 0.5) is 0 Å². The number of hydrogen-bond acceptors (Lipinski definition) is 3. The van der Waals surface area contributed by atoms with Gasteiger partial charge in [0.25, 0.3) is 0 Å². The lowest BCUT2D eigenvalue weighted by molar-refractivity contribution is 0.469. The Hall–Kier alpha value is -1.51. The minimum atomic E-state index is -0.0567. The van der Waals surface area contributed by atoms with Gasteiger partial charge >= 0.3 is 0 Å². The van der Waals surface area contributed by atoms with E-state index in [0.717, 1.165) is 17.1 Å². The molecule has 0 aromatic heterocycles. The molecule has 0 fully saturated rings. The van der Waals surface area contributed by atoms with E-state index >= 15 is 0 Å². The van der Waals surface area contributed by atoms with Crippen molar-refractivity contribution in [1.82, 2.24) is 4.90 Å². The second-order valence-corrected chi connectivity index (χ2v) is 4.93. The average Bonchev–Trinajstić information content (AvgIpc) is 2.25. The summed E-state index contributed by atoms with van der Waals surface area (Å²) >= 11 is 0. The summed E-state index contributed by atoms with van der Waals surface area (Å²) in [6.45, 7) is 10.4. The largest absolute Gasteiger partial charge is 0.400 e. The second kappa shape index (κ2) is 4.56. The van der Waals surface area contributed by atoms with Gasteiger partial charge in [0, 0.05) is 29.2 Å². The van der Waals surface area contributed by atoms with Gasteiger partial charge in [-0.3, -0.25) is 4.99 Å². The SMILES string of the molecule is C/C=C(/C)N1C=CN=C/C1=C(/N)C(C)(C)C. The van der Waals surface area contributed by atoms with E-state index in [-0.39, 0.29) is 5.41 Å². The number of hydrogen-bond donors (Lipinski definition) is 1. The molecule has 3 heteroatoms. The zero-order chi connectivity index (χ0) is 12.3. The monoisotopic (exact) mass is 219 g/mol. The van der Waals surface area contributed by atoms with E-state index in [2.05, 4.69) is 43.7 Å². The summed E-state index contributed by atoms with van der Waals surface area (Å²) in [4.78, 5) is 6.21. The fourth-order valence-electron chi connectivity index (χ4n) is 1.39. The quantitative estimate of drug-likeness (QED) is 0.736. The Labute approximate surface area is 98.0 Å². The maximum Gasteiger partial charge on any atom is 0.0831 e. The van der Waals surface area contributed by atoms with Crippen LogP contribution in [0.3, 0.4) is 0 Å². The topological polar surface area (TPSA) is 41.6 Å². The van der Waals surface area contributed by atoms with Crippen LogP contribution in [0.15, 0.2) is 40.6 Å². The summed E-state index contributed by atoms with van der Waals surface area (Å²) in [6.07, 6.45) is 7.57. The van der Waals surface area contributed by atoms with Gasteiger partial charge in [-0.2, -0.15) is 0 Å². The highest BCUT2D eigenvalue weighted by Crippen LogP contribution is 2.27. The van der Waals surface area contributed by atoms with Crippen molar-refractivity contribution in [3.63, 3.8) is 0 Å². The summed E-state index contributed by atoms with van der Waals surface area (Å²) in [7, 11) is 0. The molecule has 0 spiro atoms. The van der Waals surface area contributed by atoms with Crippen LogP contribution < -0.4 is 5.73 Å².